The summed E-state index contributed by atoms with van der Waals surface area (Å²) in [5.74, 6) is 1.71. The second-order valence-electron chi connectivity index (χ2n) is 5.39. The minimum Gasteiger partial charge on any atom is -0.486 e. The molecule has 2 amide bonds. The van der Waals surface area contributed by atoms with Gasteiger partial charge in [-0.1, -0.05) is 0 Å². The highest BCUT2D eigenvalue weighted by atomic mass is 79.9. The van der Waals surface area contributed by atoms with Gasteiger partial charge in [-0.3, -0.25) is 0 Å². The lowest BCUT2D eigenvalue weighted by atomic mass is 10.0. The van der Waals surface area contributed by atoms with E-state index in [-0.39, 0.29) is 18.1 Å². The topological polar surface area (TPSA) is 77.2 Å². The van der Waals surface area contributed by atoms with Gasteiger partial charge < -0.3 is 20.1 Å². The Balaban J connectivity index is 1.77. The number of hydrogen-bond donors (Lipinski definition) is 1. The van der Waals surface area contributed by atoms with Gasteiger partial charge in [0.05, 0.1) is 4.47 Å². The first-order chi connectivity index (χ1) is 10.1. The second kappa shape index (κ2) is 4.62. The van der Waals surface area contributed by atoms with E-state index in [0.29, 0.717) is 30.5 Å². The van der Waals surface area contributed by atoms with Crippen molar-refractivity contribution in [2.75, 3.05) is 13.2 Å². The molecule has 21 heavy (non-hydrogen) atoms. The summed E-state index contributed by atoms with van der Waals surface area (Å²) in [4.78, 5) is 17.7. The lowest BCUT2D eigenvalue weighted by Crippen LogP contribution is -2.35. The summed E-state index contributed by atoms with van der Waals surface area (Å²) >= 11 is 3.50. The van der Waals surface area contributed by atoms with Gasteiger partial charge in [0.1, 0.15) is 25.1 Å². The molecule has 0 aromatic heterocycles. The number of fused-ring (bicyclic) bond motifs is 1. The molecule has 2 aliphatic heterocycles. The number of benzene rings is 1. The van der Waals surface area contributed by atoms with E-state index in [0.717, 1.165) is 22.9 Å². The molecule has 1 fully saturated rings. The van der Waals surface area contributed by atoms with E-state index in [2.05, 4.69) is 20.9 Å². The van der Waals surface area contributed by atoms with Gasteiger partial charge in [-0.05, 0) is 46.5 Å². The molecular formula is C14H14BrN3O3. The first-order valence-electron chi connectivity index (χ1n) is 6.90. The number of carbonyl (C=O) groups excluding carboxylic acids is 1. The van der Waals surface area contributed by atoms with E-state index >= 15 is 0 Å². The fourth-order valence-electron chi connectivity index (χ4n) is 2.82. The molecule has 6 nitrogen and oxygen atoms in total. The van der Waals surface area contributed by atoms with E-state index in [1.54, 1.807) is 4.90 Å². The summed E-state index contributed by atoms with van der Waals surface area (Å²) in [6.07, 6.45) is 2.02. The molecule has 7 heteroatoms. The van der Waals surface area contributed by atoms with Gasteiger partial charge in [0.25, 0.3) is 0 Å². The maximum Gasteiger partial charge on any atom is 0.346 e. The van der Waals surface area contributed by atoms with Gasteiger partial charge in [-0.15, -0.1) is 0 Å². The molecule has 110 valence electrons. The normalized spacial score (nSPS) is 24.2. The third-order valence-electron chi connectivity index (χ3n) is 3.88. The van der Waals surface area contributed by atoms with Gasteiger partial charge >= 0.3 is 6.03 Å². The van der Waals surface area contributed by atoms with Crippen molar-refractivity contribution < 1.29 is 14.3 Å². The molecule has 0 radical (unpaired) electrons. The summed E-state index contributed by atoms with van der Waals surface area (Å²) in [7, 11) is 0. The van der Waals surface area contributed by atoms with Crippen LogP contribution in [-0.2, 0) is 0 Å². The molecule has 0 saturated heterocycles. The van der Waals surface area contributed by atoms with Crippen LogP contribution in [0, 0.1) is 0 Å². The fraction of sp³-hybridized carbons (Fsp3) is 0.429. The van der Waals surface area contributed by atoms with Crippen molar-refractivity contribution in [1.29, 1.82) is 0 Å². The van der Waals surface area contributed by atoms with Crippen molar-refractivity contribution in [3.8, 4) is 11.5 Å². The van der Waals surface area contributed by atoms with Crippen molar-refractivity contribution >= 4 is 27.8 Å². The number of nitrogens with two attached hydrogens (primary N) is 1. The lowest BCUT2D eigenvalue weighted by molar-refractivity contribution is 0.169. The van der Waals surface area contributed by atoms with Gasteiger partial charge in [-0.25, -0.2) is 4.79 Å². The van der Waals surface area contributed by atoms with Crippen molar-refractivity contribution in [3.63, 3.8) is 0 Å². The minimum atomic E-state index is -0.308. The van der Waals surface area contributed by atoms with Crippen LogP contribution >= 0.6 is 15.9 Å². The molecule has 1 atom stereocenters. The Labute approximate surface area is 130 Å². The van der Waals surface area contributed by atoms with E-state index in [9.17, 15) is 4.79 Å². The molecule has 1 saturated carbocycles. The Bertz CT molecular complexity index is 657. The van der Waals surface area contributed by atoms with Crippen LogP contribution in [0.15, 0.2) is 21.6 Å². The Hall–Kier alpha value is -1.76. The number of halogens is 1. The van der Waals surface area contributed by atoms with Crippen LogP contribution in [-0.4, -0.2) is 36.0 Å². The number of aliphatic imine (C=N–C) groups is 1. The van der Waals surface area contributed by atoms with Crippen LogP contribution in [0.1, 0.15) is 24.4 Å². The van der Waals surface area contributed by atoms with Crippen LogP contribution in [0.4, 0.5) is 4.79 Å². The van der Waals surface area contributed by atoms with Crippen LogP contribution in [0.2, 0.25) is 0 Å². The first-order valence-corrected chi connectivity index (χ1v) is 7.70. The zero-order valence-corrected chi connectivity index (χ0v) is 12.8. The highest BCUT2D eigenvalue weighted by molar-refractivity contribution is 9.10. The van der Waals surface area contributed by atoms with Gasteiger partial charge in [0.15, 0.2) is 11.5 Å². The molecule has 1 aromatic rings. The SMILES string of the molecule is NC1=NC(=O)N(C2CC2)C1c1cc(Br)c2c(c1)OCCO2. The third-order valence-corrected chi connectivity index (χ3v) is 4.47. The second-order valence-corrected chi connectivity index (χ2v) is 6.24. The standard InChI is InChI=1S/C14H14BrN3O3/c15-9-5-7(6-10-12(9)21-4-3-20-10)11-13(16)17-14(19)18(11)8-1-2-8/h5-6,8,11H,1-4H2,(H2,16,17,19). The fourth-order valence-corrected chi connectivity index (χ4v) is 3.40. The maximum absolute atomic E-state index is 12.0. The molecule has 1 unspecified atom stereocenters. The molecule has 0 spiro atoms. The summed E-state index contributed by atoms with van der Waals surface area (Å²) in [6.45, 7) is 1.05. The number of ether oxygens (including phenoxy) is 2. The number of amides is 2. The molecule has 2 N–H and O–H groups in total. The van der Waals surface area contributed by atoms with Crippen LogP contribution in [0.3, 0.4) is 0 Å². The van der Waals surface area contributed by atoms with Crippen molar-refractivity contribution in [3.05, 3.63) is 22.2 Å². The minimum absolute atomic E-state index is 0.244. The number of rotatable bonds is 2. The smallest absolute Gasteiger partial charge is 0.346 e. The van der Waals surface area contributed by atoms with Crippen LogP contribution in [0.5, 0.6) is 11.5 Å². The largest absolute Gasteiger partial charge is 0.486 e. The first kappa shape index (κ1) is 12.9. The summed E-state index contributed by atoms with van der Waals surface area (Å²) in [6, 6.07) is 3.51. The highest BCUT2D eigenvalue weighted by Crippen LogP contribution is 2.44. The number of hydrogen-bond acceptors (Lipinski definition) is 4. The monoisotopic (exact) mass is 351 g/mol. The van der Waals surface area contributed by atoms with E-state index in [1.807, 2.05) is 12.1 Å². The Morgan fingerprint density at radius 3 is 2.81 bits per heavy atom. The summed E-state index contributed by atoms with van der Waals surface area (Å²) < 4.78 is 12.0. The Morgan fingerprint density at radius 1 is 1.29 bits per heavy atom. The summed E-state index contributed by atoms with van der Waals surface area (Å²) in [5.41, 5.74) is 6.88. The van der Waals surface area contributed by atoms with E-state index in [4.69, 9.17) is 15.2 Å². The zero-order valence-electron chi connectivity index (χ0n) is 11.2. The lowest BCUT2D eigenvalue weighted by Gasteiger charge is -2.26. The van der Waals surface area contributed by atoms with E-state index < -0.39 is 0 Å². The molecule has 4 rings (SSSR count). The molecule has 2 heterocycles. The molecule has 3 aliphatic rings. The predicted octanol–water partition coefficient (Wildman–Crippen LogP) is 2.22. The van der Waals surface area contributed by atoms with Crippen molar-refractivity contribution in [1.82, 2.24) is 4.90 Å². The van der Waals surface area contributed by atoms with Crippen molar-refractivity contribution in [2.24, 2.45) is 10.7 Å². The average Bonchev–Trinajstić information content (AvgIpc) is 3.24. The maximum atomic E-state index is 12.0. The average molecular weight is 352 g/mol. The Kier molecular flexibility index (Phi) is 2.85. The summed E-state index contributed by atoms with van der Waals surface area (Å²) in [5, 5.41) is 0. The van der Waals surface area contributed by atoms with E-state index in [1.165, 1.54) is 0 Å². The zero-order chi connectivity index (χ0) is 14.6. The quantitative estimate of drug-likeness (QED) is 0.885. The molecule has 1 aliphatic carbocycles. The molecule has 0 bridgehead atoms. The van der Waals surface area contributed by atoms with Crippen molar-refractivity contribution in [2.45, 2.75) is 24.9 Å². The highest BCUT2D eigenvalue weighted by Gasteiger charge is 2.44. The third kappa shape index (κ3) is 2.07. The van der Waals surface area contributed by atoms with Gasteiger partial charge in [-0.2, -0.15) is 4.99 Å². The van der Waals surface area contributed by atoms with Crippen LogP contribution in [0.25, 0.3) is 0 Å². The number of amidine groups is 1. The van der Waals surface area contributed by atoms with Gasteiger partial charge in [0, 0.05) is 6.04 Å². The van der Waals surface area contributed by atoms with Gasteiger partial charge in [0.2, 0.25) is 0 Å². The van der Waals surface area contributed by atoms with Crippen LogP contribution < -0.4 is 15.2 Å². The predicted molar refractivity (Wildman–Crippen MR) is 79.8 cm³/mol. The molecule has 1 aromatic carbocycles. The Morgan fingerprint density at radius 2 is 2.05 bits per heavy atom. The molecular weight excluding hydrogens is 338 g/mol. The number of carbonyl (C=O) groups is 1. The number of nitrogens with zero attached hydrogens (tertiary/aromatic N) is 2. The number of urea groups is 1.